The molecule has 0 heterocycles. The first kappa shape index (κ1) is 25.2. The number of hydrogen-bond donors (Lipinski definition) is 1. The Bertz CT molecular complexity index is 931. The van der Waals surface area contributed by atoms with Gasteiger partial charge in [-0.1, -0.05) is 54.4 Å². The molecular weight excluding hydrogens is 431 g/mol. The highest BCUT2D eigenvalue weighted by Crippen LogP contribution is 2.27. The van der Waals surface area contributed by atoms with Gasteiger partial charge in [-0.05, 0) is 69.9 Å². The van der Waals surface area contributed by atoms with Crippen LogP contribution in [0.5, 0.6) is 0 Å². The zero-order chi connectivity index (χ0) is 23.3. The maximum atomic E-state index is 13.5. The Morgan fingerprint density at radius 1 is 1.03 bits per heavy atom. The van der Waals surface area contributed by atoms with Crippen LogP contribution in [0.1, 0.15) is 56.4 Å². The van der Waals surface area contributed by atoms with Gasteiger partial charge in [0.05, 0.1) is 6.42 Å². The van der Waals surface area contributed by atoms with Crippen LogP contribution in [0.25, 0.3) is 0 Å². The highest BCUT2D eigenvalue weighted by Gasteiger charge is 2.31. The Morgan fingerprint density at radius 3 is 2.16 bits per heavy atom. The van der Waals surface area contributed by atoms with Gasteiger partial charge in [-0.2, -0.15) is 0 Å². The number of amides is 2. The lowest BCUT2D eigenvalue weighted by Gasteiger charge is -2.33. The van der Waals surface area contributed by atoms with Gasteiger partial charge in [0.15, 0.2) is 0 Å². The third-order valence-corrected chi connectivity index (χ3v) is 5.91. The smallest absolute Gasteiger partial charge is 0.243 e. The summed E-state index contributed by atoms with van der Waals surface area (Å²) in [7, 11) is 0. The van der Waals surface area contributed by atoms with Crippen molar-refractivity contribution in [2.24, 2.45) is 0 Å². The molecule has 2 rings (SSSR count). The number of nitrogens with one attached hydrogen (secondary N) is 1. The normalized spacial score (nSPS) is 12.4. The number of carbonyl (C=O) groups excluding carboxylic acids is 2. The van der Waals surface area contributed by atoms with E-state index in [1.807, 2.05) is 59.7 Å². The zero-order valence-electron chi connectivity index (χ0n) is 19.2. The van der Waals surface area contributed by atoms with E-state index in [0.717, 1.165) is 11.1 Å². The topological polar surface area (TPSA) is 49.4 Å². The number of halogens is 2. The lowest BCUT2D eigenvalue weighted by atomic mass is 10.0. The summed E-state index contributed by atoms with van der Waals surface area (Å²) in [4.78, 5) is 28.1. The largest absolute Gasteiger partial charge is 0.350 e. The zero-order valence-corrected chi connectivity index (χ0v) is 20.7. The number of rotatable bonds is 7. The van der Waals surface area contributed by atoms with Crippen molar-refractivity contribution in [1.82, 2.24) is 10.2 Å². The quantitative estimate of drug-likeness (QED) is 0.558. The molecule has 1 atom stereocenters. The lowest BCUT2D eigenvalue weighted by Crippen LogP contribution is -2.53. The average Bonchev–Trinajstić information content (AvgIpc) is 2.65. The second-order valence-electron chi connectivity index (χ2n) is 8.98. The molecule has 1 N–H and O–H groups in total. The molecule has 0 fully saturated rings. The van der Waals surface area contributed by atoms with Crippen molar-refractivity contribution < 1.29 is 9.59 Å². The molecule has 0 unspecified atom stereocenters. The van der Waals surface area contributed by atoms with Gasteiger partial charge < -0.3 is 10.2 Å². The van der Waals surface area contributed by atoms with Gasteiger partial charge in [0.2, 0.25) is 11.8 Å². The van der Waals surface area contributed by atoms with Crippen molar-refractivity contribution in [3.05, 3.63) is 68.7 Å². The van der Waals surface area contributed by atoms with Crippen LogP contribution in [0.2, 0.25) is 10.0 Å². The van der Waals surface area contributed by atoms with E-state index in [0.29, 0.717) is 22.0 Å². The van der Waals surface area contributed by atoms with Crippen LogP contribution in [0.4, 0.5) is 0 Å². The highest BCUT2D eigenvalue weighted by molar-refractivity contribution is 6.36. The molecule has 0 aliphatic carbocycles. The van der Waals surface area contributed by atoms with Gasteiger partial charge in [-0.25, -0.2) is 0 Å². The summed E-state index contributed by atoms with van der Waals surface area (Å²) in [5.41, 5.74) is 3.45. The van der Waals surface area contributed by atoms with Crippen molar-refractivity contribution >= 4 is 35.0 Å². The molecule has 2 aromatic rings. The molecule has 0 saturated heterocycles. The van der Waals surface area contributed by atoms with Gasteiger partial charge in [0, 0.05) is 27.7 Å². The third-order valence-electron chi connectivity index (χ3n) is 5.20. The third kappa shape index (κ3) is 6.98. The van der Waals surface area contributed by atoms with Crippen molar-refractivity contribution in [2.45, 2.75) is 72.5 Å². The van der Waals surface area contributed by atoms with E-state index in [9.17, 15) is 9.59 Å². The fourth-order valence-corrected chi connectivity index (χ4v) is 3.93. The Morgan fingerprint density at radius 2 is 1.65 bits per heavy atom. The summed E-state index contributed by atoms with van der Waals surface area (Å²) in [5, 5.41) is 3.95. The summed E-state index contributed by atoms with van der Waals surface area (Å²) in [6, 6.07) is 10.6. The van der Waals surface area contributed by atoms with Gasteiger partial charge in [-0.15, -0.1) is 0 Å². The van der Waals surface area contributed by atoms with Crippen molar-refractivity contribution in [3.8, 4) is 0 Å². The van der Waals surface area contributed by atoms with E-state index in [1.165, 1.54) is 5.56 Å². The summed E-state index contributed by atoms with van der Waals surface area (Å²) < 4.78 is 0. The van der Waals surface area contributed by atoms with Crippen LogP contribution in [0.15, 0.2) is 36.4 Å². The molecular formula is C25H32Cl2N2O2. The average molecular weight is 463 g/mol. The molecule has 4 nitrogen and oxygen atoms in total. The van der Waals surface area contributed by atoms with E-state index >= 15 is 0 Å². The van der Waals surface area contributed by atoms with E-state index in [-0.39, 0.29) is 24.8 Å². The minimum absolute atomic E-state index is 0.143. The summed E-state index contributed by atoms with van der Waals surface area (Å²) in [5.74, 6) is -0.332. The van der Waals surface area contributed by atoms with E-state index in [1.54, 1.807) is 23.1 Å². The number of benzene rings is 2. The van der Waals surface area contributed by atoms with Gasteiger partial charge >= 0.3 is 0 Å². The van der Waals surface area contributed by atoms with E-state index in [2.05, 4.69) is 5.32 Å². The number of hydrogen-bond acceptors (Lipinski definition) is 2. The first-order valence-corrected chi connectivity index (χ1v) is 11.3. The first-order valence-electron chi connectivity index (χ1n) is 10.5. The van der Waals surface area contributed by atoms with Crippen LogP contribution in [-0.4, -0.2) is 28.3 Å². The molecule has 2 aromatic carbocycles. The predicted molar refractivity (Wildman–Crippen MR) is 129 cm³/mol. The minimum Gasteiger partial charge on any atom is -0.350 e. The Kier molecular flexibility index (Phi) is 8.56. The molecule has 2 amide bonds. The van der Waals surface area contributed by atoms with Crippen molar-refractivity contribution in [2.75, 3.05) is 0 Å². The molecule has 31 heavy (non-hydrogen) atoms. The number of aryl methyl sites for hydroxylation is 2. The van der Waals surface area contributed by atoms with E-state index < -0.39 is 11.6 Å². The van der Waals surface area contributed by atoms with Crippen LogP contribution in [-0.2, 0) is 22.6 Å². The Labute approximate surface area is 195 Å². The summed E-state index contributed by atoms with van der Waals surface area (Å²) in [6.45, 7) is 11.9. The van der Waals surface area contributed by atoms with Crippen LogP contribution >= 0.6 is 23.2 Å². The fourth-order valence-electron chi connectivity index (χ4n) is 3.42. The Balaban J connectivity index is 2.41. The molecule has 0 aliphatic heterocycles. The maximum absolute atomic E-state index is 13.5. The monoisotopic (exact) mass is 462 g/mol. The van der Waals surface area contributed by atoms with E-state index in [4.69, 9.17) is 23.2 Å². The number of carbonyl (C=O) groups is 2. The molecule has 0 aromatic heterocycles. The van der Waals surface area contributed by atoms with Crippen LogP contribution in [0.3, 0.4) is 0 Å². The lowest BCUT2D eigenvalue weighted by molar-refractivity contribution is -0.141. The van der Waals surface area contributed by atoms with Crippen LogP contribution < -0.4 is 5.32 Å². The van der Waals surface area contributed by atoms with Crippen molar-refractivity contribution in [3.63, 3.8) is 0 Å². The summed E-state index contributed by atoms with van der Waals surface area (Å²) >= 11 is 12.8. The Hall–Kier alpha value is -2.04. The second kappa shape index (κ2) is 10.5. The molecule has 0 spiro atoms. The number of nitrogens with zero attached hydrogens (tertiary/aromatic N) is 1. The molecule has 168 valence electrons. The fraction of sp³-hybridized carbons (Fsp3) is 0.440. The highest BCUT2D eigenvalue weighted by atomic mass is 35.5. The first-order chi connectivity index (χ1) is 14.4. The minimum atomic E-state index is -0.634. The predicted octanol–water partition coefficient (Wildman–Crippen LogP) is 5.87. The maximum Gasteiger partial charge on any atom is 0.243 e. The summed E-state index contributed by atoms with van der Waals surface area (Å²) in [6.07, 6.45) is 0.672. The van der Waals surface area contributed by atoms with Crippen molar-refractivity contribution in [1.29, 1.82) is 0 Å². The second-order valence-corrected chi connectivity index (χ2v) is 9.79. The SMILES string of the molecule is CC[C@@H](C(=O)NC(C)(C)C)N(Cc1c(Cl)cccc1Cl)C(=O)Cc1ccc(C)c(C)c1. The molecule has 0 radical (unpaired) electrons. The molecule has 6 heteroatoms. The molecule has 0 bridgehead atoms. The standard InChI is InChI=1S/C25H32Cl2N2O2/c1-7-22(24(31)28-25(4,5)6)29(15-19-20(26)9-8-10-21(19)27)23(30)14-18-12-11-16(2)17(3)13-18/h8-13,22H,7,14-15H2,1-6H3,(H,28,31)/t22-/m0/s1. The van der Waals surface area contributed by atoms with Gasteiger partial charge in [-0.3, -0.25) is 9.59 Å². The van der Waals surface area contributed by atoms with Gasteiger partial charge in [0.1, 0.15) is 6.04 Å². The van der Waals surface area contributed by atoms with Gasteiger partial charge in [0.25, 0.3) is 0 Å². The molecule has 0 aliphatic rings. The molecule has 0 saturated carbocycles. The van der Waals surface area contributed by atoms with Crippen LogP contribution in [0, 0.1) is 13.8 Å².